The topological polar surface area (TPSA) is 64.2 Å². The highest BCUT2D eigenvalue weighted by molar-refractivity contribution is 6.36. The summed E-state index contributed by atoms with van der Waals surface area (Å²) in [6, 6.07) is 23.7. The van der Waals surface area contributed by atoms with Gasteiger partial charge in [-0.3, -0.25) is 4.79 Å². The molecule has 0 saturated carbocycles. The Bertz CT molecular complexity index is 1360. The molecule has 7 heteroatoms. The zero-order valence-electron chi connectivity index (χ0n) is 16.0. The fourth-order valence-electron chi connectivity index (χ4n) is 3.56. The number of carbonyl (C=O) groups is 1. The van der Waals surface area contributed by atoms with Crippen molar-refractivity contribution in [1.29, 1.82) is 0 Å². The predicted octanol–water partition coefficient (Wildman–Crippen LogP) is 4.32. The molecule has 0 aliphatic heterocycles. The number of hydrogen-bond donors (Lipinski definition) is 1. The number of halogens is 1. The molecule has 0 bridgehead atoms. The number of imidazole rings is 1. The van der Waals surface area contributed by atoms with Gasteiger partial charge in [-0.1, -0.05) is 60.1 Å². The van der Waals surface area contributed by atoms with E-state index >= 15 is 0 Å². The van der Waals surface area contributed by atoms with Crippen molar-refractivity contribution in [2.24, 2.45) is 0 Å². The first-order valence-corrected chi connectivity index (χ1v) is 9.97. The van der Waals surface area contributed by atoms with Crippen LogP contribution in [-0.2, 0) is 13.1 Å². The van der Waals surface area contributed by atoms with Crippen LogP contribution in [0.15, 0.2) is 79.0 Å². The van der Waals surface area contributed by atoms with E-state index in [1.54, 1.807) is 10.7 Å². The van der Waals surface area contributed by atoms with E-state index < -0.39 is 0 Å². The molecule has 3 aromatic heterocycles. The Hall–Kier alpha value is -3.64. The summed E-state index contributed by atoms with van der Waals surface area (Å²) in [6.45, 7) is 0.937. The molecule has 3 heterocycles. The minimum absolute atomic E-state index is 0.202. The molecular weight excluding hydrogens is 398 g/mol. The number of nitrogens with zero attached hydrogens (tertiary/aromatic N) is 4. The van der Waals surface area contributed by atoms with Gasteiger partial charge in [0.15, 0.2) is 5.69 Å². The molecule has 0 radical (unpaired) electrons. The van der Waals surface area contributed by atoms with Gasteiger partial charge >= 0.3 is 0 Å². The minimum atomic E-state index is -0.331. The third-order valence-corrected chi connectivity index (χ3v) is 5.39. The van der Waals surface area contributed by atoms with Crippen molar-refractivity contribution in [3.63, 3.8) is 0 Å². The number of para-hydroxylation sites is 2. The van der Waals surface area contributed by atoms with Gasteiger partial charge in [0.2, 0.25) is 0 Å². The molecule has 2 aromatic carbocycles. The summed E-state index contributed by atoms with van der Waals surface area (Å²) in [5.41, 5.74) is 3.98. The Balaban J connectivity index is 1.44. The lowest BCUT2D eigenvalue weighted by atomic mass is 10.2. The van der Waals surface area contributed by atoms with E-state index in [0.29, 0.717) is 17.1 Å². The number of pyridine rings is 1. The zero-order chi connectivity index (χ0) is 20.5. The monoisotopic (exact) mass is 415 g/mol. The molecular formula is C23H18ClN5O. The van der Waals surface area contributed by atoms with Gasteiger partial charge in [-0.2, -0.15) is 5.10 Å². The van der Waals surface area contributed by atoms with E-state index in [1.807, 2.05) is 60.7 Å². The molecule has 148 valence electrons. The van der Waals surface area contributed by atoms with E-state index in [-0.39, 0.29) is 18.1 Å². The van der Waals surface area contributed by atoms with Crippen molar-refractivity contribution in [2.75, 3.05) is 0 Å². The van der Waals surface area contributed by atoms with Gasteiger partial charge < -0.3 is 9.88 Å². The SMILES string of the molecule is O=C(NCc1nc2ccccc2n1Cc1ccccc1)c1nn2ccccc2c1Cl. The second-order valence-corrected chi connectivity index (χ2v) is 7.34. The highest BCUT2D eigenvalue weighted by Gasteiger charge is 2.19. The van der Waals surface area contributed by atoms with Crippen LogP contribution in [0.1, 0.15) is 21.9 Å². The van der Waals surface area contributed by atoms with Crippen LogP contribution in [0.3, 0.4) is 0 Å². The molecule has 0 fully saturated rings. The maximum absolute atomic E-state index is 12.8. The second-order valence-electron chi connectivity index (χ2n) is 6.96. The fourth-order valence-corrected chi connectivity index (χ4v) is 3.83. The summed E-state index contributed by atoms with van der Waals surface area (Å²) in [7, 11) is 0. The standard InChI is InChI=1S/C23H18ClN5O/c24-21-19-12-6-7-13-29(19)27-22(21)23(30)25-14-20-26-17-10-4-5-11-18(17)28(20)15-16-8-2-1-3-9-16/h1-13H,14-15H2,(H,25,30). The molecule has 0 unspecified atom stereocenters. The lowest BCUT2D eigenvalue weighted by Gasteiger charge is -2.10. The van der Waals surface area contributed by atoms with Crippen LogP contribution in [0.25, 0.3) is 16.6 Å². The number of fused-ring (bicyclic) bond motifs is 2. The van der Waals surface area contributed by atoms with E-state index in [4.69, 9.17) is 16.6 Å². The molecule has 6 nitrogen and oxygen atoms in total. The lowest BCUT2D eigenvalue weighted by Crippen LogP contribution is -2.25. The number of carbonyl (C=O) groups excluding carboxylic acids is 1. The minimum Gasteiger partial charge on any atom is -0.343 e. The number of aromatic nitrogens is 4. The Kier molecular flexibility index (Phi) is 4.69. The first kappa shape index (κ1) is 18.4. The predicted molar refractivity (Wildman–Crippen MR) is 117 cm³/mol. The van der Waals surface area contributed by atoms with Gasteiger partial charge in [0, 0.05) is 12.7 Å². The first-order chi connectivity index (χ1) is 14.7. The van der Waals surface area contributed by atoms with Crippen molar-refractivity contribution in [3.8, 4) is 0 Å². The van der Waals surface area contributed by atoms with Gasteiger partial charge in [-0.05, 0) is 29.8 Å². The first-order valence-electron chi connectivity index (χ1n) is 9.60. The van der Waals surface area contributed by atoms with Crippen molar-refractivity contribution >= 4 is 34.1 Å². The third-order valence-electron chi connectivity index (χ3n) is 5.02. The average molecular weight is 416 g/mol. The van der Waals surface area contributed by atoms with Gasteiger partial charge in [-0.15, -0.1) is 0 Å². The number of rotatable bonds is 5. The van der Waals surface area contributed by atoms with Crippen LogP contribution in [-0.4, -0.2) is 25.1 Å². The molecule has 1 amide bonds. The van der Waals surface area contributed by atoms with E-state index in [9.17, 15) is 4.79 Å². The maximum Gasteiger partial charge on any atom is 0.273 e. The quantitative estimate of drug-likeness (QED) is 0.465. The molecule has 0 aliphatic carbocycles. The molecule has 30 heavy (non-hydrogen) atoms. The maximum atomic E-state index is 12.8. The fraction of sp³-hybridized carbons (Fsp3) is 0.0870. The molecule has 1 N–H and O–H groups in total. The molecule has 5 aromatic rings. The summed E-state index contributed by atoms with van der Waals surface area (Å²) in [4.78, 5) is 17.5. The zero-order valence-corrected chi connectivity index (χ0v) is 16.8. The van der Waals surface area contributed by atoms with Crippen molar-refractivity contribution < 1.29 is 4.79 Å². The summed E-state index contributed by atoms with van der Waals surface area (Å²) < 4.78 is 3.72. The third kappa shape index (κ3) is 3.31. The van der Waals surface area contributed by atoms with Crippen molar-refractivity contribution in [1.82, 2.24) is 24.5 Å². The van der Waals surface area contributed by atoms with E-state index in [2.05, 4.69) is 27.1 Å². The van der Waals surface area contributed by atoms with E-state index in [1.165, 1.54) is 0 Å². The molecule has 0 saturated heterocycles. The Morgan fingerprint density at radius 1 is 0.933 bits per heavy atom. The van der Waals surface area contributed by atoms with E-state index in [0.717, 1.165) is 22.4 Å². The smallest absolute Gasteiger partial charge is 0.273 e. The van der Waals surface area contributed by atoms with Crippen LogP contribution < -0.4 is 5.32 Å². The van der Waals surface area contributed by atoms with Gasteiger partial charge in [0.1, 0.15) is 5.82 Å². The van der Waals surface area contributed by atoms with Gasteiger partial charge in [0.05, 0.1) is 28.1 Å². The van der Waals surface area contributed by atoms with Crippen LogP contribution in [0.4, 0.5) is 0 Å². The van der Waals surface area contributed by atoms with Crippen LogP contribution in [0.2, 0.25) is 5.02 Å². The lowest BCUT2D eigenvalue weighted by molar-refractivity contribution is 0.0944. The molecule has 0 atom stereocenters. The molecule has 5 rings (SSSR count). The van der Waals surface area contributed by atoms with Crippen molar-refractivity contribution in [2.45, 2.75) is 13.1 Å². The Morgan fingerprint density at radius 2 is 1.67 bits per heavy atom. The van der Waals surface area contributed by atoms with Gasteiger partial charge in [0.25, 0.3) is 5.91 Å². The Morgan fingerprint density at radius 3 is 2.50 bits per heavy atom. The number of benzene rings is 2. The molecule has 0 aliphatic rings. The van der Waals surface area contributed by atoms with Crippen LogP contribution in [0, 0.1) is 0 Å². The van der Waals surface area contributed by atoms with Gasteiger partial charge in [-0.25, -0.2) is 9.50 Å². The largest absolute Gasteiger partial charge is 0.343 e. The highest BCUT2D eigenvalue weighted by Crippen LogP contribution is 2.22. The Labute approximate surface area is 177 Å². The summed E-state index contributed by atoms with van der Waals surface area (Å²) >= 11 is 6.37. The summed E-state index contributed by atoms with van der Waals surface area (Å²) in [5, 5.41) is 7.56. The molecule has 0 spiro atoms. The summed E-state index contributed by atoms with van der Waals surface area (Å²) in [6.07, 6.45) is 1.76. The second kappa shape index (κ2) is 7.65. The number of amides is 1. The van der Waals surface area contributed by atoms with Crippen LogP contribution >= 0.6 is 11.6 Å². The average Bonchev–Trinajstić information content (AvgIpc) is 3.31. The number of hydrogen-bond acceptors (Lipinski definition) is 3. The number of nitrogens with one attached hydrogen (secondary N) is 1. The highest BCUT2D eigenvalue weighted by atomic mass is 35.5. The van der Waals surface area contributed by atoms with Crippen LogP contribution in [0.5, 0.6) is 0 Å². The van der Waals surface area contributed by atoms with Crippen molar-refractivity contribution in [3.05, 3.63) is 101 Å². The summed E-state index contributed by atoms with van der Waals surface area (Å²) in [5.74, 6) is 0.440. The normalized spacial score (nSPS) is 11.2.